The molecule has 0 fully saturated rings. The van der Waals surface area contributed by atoms with Gasteiger partial charge in [0.2, 0.25) is 0 Å². The third-order valence-electron chi connectivity index (χ3n) is 4.73. The third-order valence-corrected chi connectivity index (χ3v) is 7.52. The summed E-state index contributed by atoms with van der Waals surface area (Å²) in [7, 11) is -3.28. The average molecular weight is 417 g/mol. The van der Waals surface area contributed by atoms with Gasteiger partial charge in [0.1, 0.15) is 0 Å². The molecule has 148 valence electrons. The van der Waals surface area contributed by atoms with Gasteiger partial charge in [-0.3, -0.25) is 4.79 Å². The van der Waals surface area contributed by atoms with Crippen LogP contribution in [0.1, 0.15) is 49.5 Å². The Morgan fingerprint density at radius 3 is 2.36 bits per heavy atom. The maximum atomic E-state index is 12.6. The number of fused-ring (bicyclic) bond motifs is 1. The number of hydrogen-bond donors (Lipinski definition) is 0. The van der Waals surface area contributed by atoms with Crippen LogP contribution >= 0.6 is 11.3 Å². The first-order chi connectivity index (χ1) is 13.3. The lowest BCUT2D eigenvalue weighted by molar-refractivity contribution is 0.0997. The largest absolute Gasteiger partial charge is 0.317 e. The van der Waals surface area contributed by atoms with Crippen LogP contribution in [-0.4, -0.2) is 24.6 Å². The van der Waals surface area contributed by atoms with Crippen molar-refractivity contribution in [3.8, 4) is 0 Å². The molecule has 0 aliphatic rings. The number of benzene rings is 2. The van der Waals surface area contributed by atoms with Crippen molar-refractivity contribution in [2.24, 2.45) is 4.99 Å². The van der Waals surface area contributed by atoms with Gasteiger partial charge in [0, 0.05) is 12.1 Å². The fourth-order valence-electron chi connectivity index (χ4n) is 2.96. The van der Waals surface area contributed by atoms with Crippen LogP contribution in [0.2, 0.25) is 0 Å². The maximum Gasteiger partial charge on any atom is 0.279 e. The first kappa shape index (κ1) is 20.5. The smallest absolute Gasteiger partial charge is 0.279 e. The molecule has 28 heavy (non-hydrogen) atoms. The molecule has 0 unspecified atom stereocenters. The van der Waals surface area contributed by atoms with Crippen LogP contribution in [-0.2, 0) is 16.4 Å². The monoisotopic (exact) mass is 416 g/mol. The van der Waals surface area contributed by atoms with Crippen LogP contribution in [0.25, 0.3) is 10.2 Å². The van der Waals surface area contributed by atoms with Crippen molar-refractivity contribution >= 4 is 37.3 Å². The Balaban J connectivity index is 2.02. The van der Waals surface area contributed by atoms with Crippen molar-refractivity contribution in [3.05, 3.63) is 58.4 Å². The zero-order chi connectivity index (χ0) is 20.5. The minimum atomic E-state index is -3.28. The second-order valence-electron chi connectivity index (χ2n) is 6.86. The number of amides is 1. The van der Waals surface area contributed by atoms with Crippen LogP contribution in [0.15, 0.2) is 52.4 Å². The zero-order valence-corrected chi connectivity index (χ0v) is 18.1. The van der Waals surface area contributed by atoms with Crippen molar-refractivity contribution < 1.29 is 13.2 Å². The van der Waals surface area contributed by atoms with Gasteiger partial charge in [-0.25, -0.2) is 8.42 Å². The molecule has 0 aliphatic carbocycles. The summed E-state index contributed by atoms with van der Waals surface area (Å²) in [6.07, 6.45) is 0. The normalized spacial score (nSPS) is 12.8. The maximum absolute atomic E-state index is 12.6. The first-order valence-electron chi connectivity index (χ1n) is 9.32. The quantitative estimate of drug-likeness (QED) is 0.620. The standard InChI is InChI=1S/C21H24N2O3S2/c1-5-23-18-12-9-16(14(3)4)13-19(18)27-21(23)22-20(24)15-7-10-17(11-8-15)28(25,26)6-2/h7-14H,5-6H2,1-4H3. The number of thiazole rings is 1. The highest BCUT2D eigenvalue weighted by Gasteiger charge is 2.13. The Labute approximate surface area is 169 Å². The predicted octanol–water partition coefficient (Wildman–Crippen LogP) is 4.38. The van der Waals surface area contributed by atoms with Gasteiger partial charge >= 0.3 is 0 Å². The Kier molecular flexibility index (Phi) is 5.86. The summed E-state index contributed by atoms with van der Waals surface area (Å²) < 4.78 is 27.0. The highest BCUT2D eigenvalue weighted by atomic mass is 32.2. The SMILES string of the molecule is CCn1c(=NC(=O)c2ccc(S(=O)(=O)CC)cc2)sc2cc(C(C)C)ccc21. The van der Waals surface area contributed by atoms with E-state index in [0.717, 1.165) is 10.2 Å². The average Bonchev–Trinajstić information content (AvgIpc) is 3.03. The number of carbonyl (C=O) groups is 1. The number of carbonyl (C=O) groups excluding carboxylic acids is 1. The lowest BCUT2D eigenvalue weighted by Gasteiger charge is -2.05. The molecule has 0 bridgehead atoms. The van der Waals surface area contributed by atoms with E-state index in [0.29, 0.717) is 22.8 Å². The molecule has 1 aromatic heterocycles. The van der Waals surface area contributed by atoms with Gasteiger partial charge < -0.3 is 4.57 Å². The molecule has 0 atom stereocenters. The predicted molar refractivity (Wildman–Crippen MR) is 114 cm³/mol. The van der Waals surface area contributed by atoms with Crippen molar-refractivity contribution in [3.63, 3.8) is 0 Å². The van der Waals surface area contributed by atoms with Crippen LogP contribution in [0.5, 0.6) is 0 Å². The topological polar surface area (TPSA) is 68.5 Å². The number of aryl methyl sites for hydroxylation is 1. The molecule has 1 heterocycles. The Hall–Kier alpha value is -2.25. The molecule has 0 radical (unpaired) electrons. The van der Waals surface area contributed by atoms with Gasteiger partial charge in [0.15, 0.2) is 14.6 Å². The lowest BCUT2D eigenvalue weighted by Crippen LogP contribution is -2.16. The summed E-state index contributed by atoms with van der Waals surface area (Å²) >= 11 is 1.49. The molecule has 7 heteroatoms. The molecule has 2 aromatic carbocycles. The molecular weight excluding hydrogens is 392 g/mol. The summed E-state index contributed by atoms with van der Waals surface area (Å²) in [6, 6.07) is 12.3. The zero-order valence-electron chi connectivity index (χ0n) is 16.5. The number of aromatic nitrogens is 1. The van der Waals surface area contributed by atoms with Gasteiger partial charge in [-0.05, 0) is 54.8 Å². The van der Waals surface area contributed by atoms with E-state index >= 15 is 0 Å². The van der Waals surface area contributed by atoms with E-state index in [2.05, 4.69) is 37.0 Å². The number of nitrogens with zero attached hydrogens (tertiary/aromatic N) is 2. The van der Waals surface area contributed by atoms with Crippen LogP contribution < -0.4 is 4.80 Å². The van der Waals surface area contributed by atoms with E-state index in [1.165, 1.54) is 41.2 Å². The summed E-state index contributed by atoms with van der Waals surface area (Å²) in [5, 5.41) is 0. The third kappa shape index (κ3) is 3.95. The van der Waals surface area contributed by atoms with Gasteiger partial charge in [-0.1, -0.05) is 38.2 Å². The molecule has 1 amide bonds. The Bertz CT molecular complexity index is 1180. The van der Waals surface area contributed by atoms with Crippen LogP contribution in [0.3, 0.4) is 0 Å². The number of sulfone groups is 1. The van der Waals surface area contributed by atoms with E-state index in [1.807, 2.05) is 11.5 Å². The van der Waals surface area contributed by atoms with Crippen molar-refractivity contribution in [1.29, 1.82) is 0 Å². The fourth-order valence-corrected chi connectivity index (χ4v) is 4.99. The molecule has 0 N–H and O–H groups in total. The Morgan fingerprint density at radius 1 is 1.11 bits per heavy atom. The summed E-state index contributed by atoms with van der Waals surface area (Å²) in [4.78, 5) is 17.8. The Morgan fingerprint density at radius 2 is 1.79 bits per heavy atom. The van der Waals surface area contributed by atoms with E-state index < -0.39 is 9.84 Å². The minimum Gasteiger partial charge on any atom is -0.317 e. The van der Waals surface area contributed by atoms with Gasteiger partial charge in [0.05, 0.1) is 20.9 Å². The number of rotatable bonds is 5. The van der Waals surface area contributed by atoms with Gasteiger partial charge in [-0.2, -0.15) is 4.99 Å². The first-order valence-corrected chi connectivity index (χ1v) is 11.8. The summed E-state index contributed by atoms with van der Waals surface area (Å²) in [5.74, 6) is 0.0845. The highest BCUT2D eigenvalue weighted by molar-refractivity contribution is 7.91. The second kappa shape index (κ2) is 8.01. The van der Waals surface area contributed by atoms with E-state index in [1.54, 1.807) is 6.92 Å². The van der Waals surface area contributed by atoms with E-state index in [-0.39, 0.29) is 16.6 Å². The summed E-state index contributed by atoms with van der Waals surface area (Å²) in [5.41, 5.74) is 2.69. The lowest BCUT2D eigenvalue weighted by atomic mass is 10.0. The molecule has 0 saturated carbocycles. The molecule has 3 aromatic rings. The van der Waals surface area contributed by atoms with Gasteiger partial charge in [0.25, 0.3) is 5.91 Å². The van der Waals surface area contributed by atoms with Gasteiger partial charge in [-0.15, -0.1) is 0 Å². The van der Waals surface area contributed by atoms with Crippen molar-refractivity contribution in [2.45, 2.75) is 45.1 Å². The van der Waals surface area contributed by atoms with E-state index in [9.17, 15) is 13.2 Å². The van der Waals surface area contributed by atoms with Crippen LogP contribution in [0, 0.1) is 0 Å². The van der Waals surface area contributed by atoms with Crippen molar-refractivity contribution in [1.82, 2.24) is 4.57 Å². The van der Waals surface area contributed by atoms with E-state index in [4.69, 9.17) is 0 Å². The molecule has 0 saturated heterocycles. The fraction of sp³-hybridized carbons (Fsp3) is 0.333. The van der Waals surface area contributed by atoms with Crippen LogP contribution in [0.4, 0.5) is 0 Å². The molecule has 0 spiro atoms. The second-order valence-corrected chi connectivity index (χ2v) is 10.1. The minimum absolute atomic E-state index is 0.0291. The molecule has 5 nitrogen and oxygen atoms in total. The molecule has 3 rings (SSSR count). The number of hydrogen-bond acceptors (Lipinski definition) is 4. The van der Waals surface area contributed by atoms with Crippen molar-refractivity contribution in [2.75, 3.05) is 5.75 Å². The molecule has 0 aliphatic heterocycles. The molecular formula is C21H24N2O3S2. The highest BCUT2D eigenvalue weighted by Crippen LogP contribution is 2.23. The summed E-state index contributed by atoms with van der Waals surface area (Å²) in [6.45, 7) is 8.64.